The monoisotopic (exact) mass is 1100 g/mol. The van der Waals surface area contributed by atoms with Crippen molar-refractivity contribution in [3.05, 3.63) is 72.3 Å². The summed E-state index contributed by atoms with van der Waals surface area (Å²) in [4.78, 5) is 84.1. The average Bonchev–Trinajstić information content (AvgIpc) is 1.97. The van der Waals surface area contributed by atoms with Gasteiger partial charge in [-0.25, -0.2) is 8.83 Å². The number of hydrogen-bond donors (Lipinski definition) is 16. The van der Waals surface area contributed by atoms with Crippen molar-refractivity contribution in [3.63, 3.8) is 0 Å². The minimum absolute atomic E-state index is 0.257. The molecule has 79 heavy (non-hydrogen) atoms. The van der Waals surface area contributed by atoms with E-state index in [1.54, 1.807) is 0 Å². The molecule has 4 aromatic carbocycles. The molecule has 0 radical (unpaired) electrons. The van der Waals surface area contributed by atoms with E-state index in [1.165, 1.54) is 0 Å². The van der Waals surface area contributed by atoms with E-state index >= 15 is 0 Å². The van der Waals surface area contributed by atoms with Crippen LogP contribution in [0.25, 0.3) is 44.6 Å². The third-order valence-corrected chi connectivity index (χ3v) is 15.0. The molecule has 2 aliphatic heterocycles. The molecule has 2 saturated heterocycles. The number of ether oxygens (including phenoxy) is 4. The number of phenolic OH excluding ortho intramolecular Hbond substituents is 8. The van der Waals surface area contributed by atoms with Crippen LogP contribution in [-0.2, 0) is 38.2 Å². The molecule has 5 aliphatic rings. The number of aliphatic hydroxyl groups is 8. The molecular weight excluding hydrogens is 1060 g/mol. The third-order valence-electron chi connectivity index (χ3n) is 15.0. The second-order valence-electron chi connectivity index (χ2n) is 19.5. The first-order chi connectivity index (χ1) is 37.1. The standard InChI is InChI=1S/C51H38O28/c52-17-7-22(56)19-11-29(40(74-27(19)9-17)15-1-3-20(54)23(57)5-15)76-50-33(64)13-31(62)48(50,72)45(69)39(68)43(78-50)38(67)36-35-25(59)8-18(53)10-28(35)75-41(16-2-4-21(55)24(58)6-16)42(36)77-51-34(65)14-32(63)49(51,73)47(71)30(61)12-26(60)37(66)44(79-51)46(47)70/h1-11,37-39,43-46,66-73H,12-14H2,(H6-2,52,53,54,55,56,57,58,59)/p+2/t37?,38?,39-,43-,44-,45+,46-,47+,48-,49-,50?,51?/m1/s1. The Balaban J connectivity index is 1.17. The normalized spacial score (nSPS) is 31.8. The first kappa shape index (κ1) is 52.4. The number of aliphatic hydroxyl groups excluding tert-OH is 5. The zero-order chi connectivity index (χ0) is 57.1. The minimum Gasteiger partial charge on any atom is -0.507 e. The van der Waals surface area contributed by atoms with Crippen molar-refractivity contribution in [1.29, 1.82) is 0 Å². The number of carbonyl (C=O) groups excluding carboxylic acids is 6. The Morgan fingerprint density at radius 2 is 1.10 bits per heavy atom. The smallest absolute Gasteiger partial charge is 0.402 e. The van der Waals surface area contributed by atoms with Gasteiger partial charge in [0.1, 0.15) is 76.5 Å². The molecule has 0 amide bonds. The molecule has 28 nitrogen and oxygen atoms in total. The lowest BCUT2D eigenvalue weighted by atomic mass is 9.68. The fraction of sp³-hybridized carbons (Fsp3) is 0.294. The summed E-state index contributed by atoms with van der Waals surface area (Å²) in [6.45, 7) is 0. The van der Waals surface area contributed by atoms with Gasteiger partial charge in [-0.1, -0.05) is 0 Å². The minimum atomic E-state index is -4.19. The predicted molar refractivity (Wildman–Crippen MR) is 250 cm³/mol. The Bertz CT molecular complexity index is 3760. The van der Waals surface area contributed by atoms with Crippen molar-refractivity contribution in [2.24, 2.45) is 0 Å². The van der Waals surface area contributed by atoms with Gasteiger partial charge in [-0.2, -0.15) is 0 Å². The van der Waals surface area contributed by atoms with E-state index in [-0.39, 0.29) is 16.5 Å². The Labute approximate surface area is 436 Å². The molecule has 28 heteroatoms. The number of hydrogen-bond acceptors (Lipinski definition) is 26. The molecular formula is C51H40O28+2. The molecule has 4 unspecified atom stereocenters. The maximum atomic E-state index is 14.6. The zero-order valence-electron chi connectivity index (χ0n) is 39.6. The Kier molecular flexibility index (Phi) is 11.4. The highest BCUT2D eigenvalue weighted by atomic mass is 16.7. The lowest BCUT2D eigenvalue weighted by Gasteiger charge is -2.54. The molecule has 2 aromatic heterocycles. The summed E-state index contributed by atoms with van der Waals surface area (Å²) in [7, 11) is 0. The Morgan fingerprint density at radius 1 is 0.544 bits per heavy atom. The van der Waals surface area contributed by atoms with E-state index in [0.29, 0.717) is 12.1 Å². The predicted octanol–water partition coefficient (Wildman–Crippen LogP) is -1.34. The van der Waals surface area contributed by atoms with Crippen molar-refractivity contribution in [2.75, 3.05) is 0 Å². The van der Waals surface area contributed by atoms with E-state index in [4.69, 9.17) is 27.8 Å². The number of Topliss-reactive ketones (excluding diaryl/α,β-unsaturated/α-hetero) is 6. The van der Waals surface area contributed by atoms with Gasteiger partial charge in [0.25, 0.3) is 0 Å². The van der Waals surface area contributed by atoms with Gasteiger partial charge >= 0.3 is 34.3 Å². The molecule has 5 fully saturated rings. The van der Waals surface area contributed by atoms with Gasteiger partial charge in [0.2, 0.25) is 34.3 Å². The van der Waals surface area contributed by atoms with Crippen molar-refractivity contribution in [2.45, 2.75) is 90.4 Å². The number of phenols is 8. The van der Waals surface area contributed by atoms with Crippen LogP contribution in [-0.4, -0.2) is 181 Å². The fourth-order valence-corrected chi connectivity index (χ4v) is 11.0. The number of benzene rings is 4. The van der Waals surface area contributed by atoms with Crippen LogP contribution < -0.4 is 9.47 Å². The van der Waals surface area contributed by atoms with Crippen LogP contribution in [0, 0.1) is 0 Å². The third kappa shape index (κ3) is 6.84. The molecule has 6 aromatic rings. The van der Waals surface area contributed by atoms with Gasteiger partial charge < -0.3 is 101 Å². The molecule has 0 spiro atoms. The van der Waals surface area contributed by atoms with Gasteiger partial charge in [-0.3, -0.25) is 28.8 Å². The molecule has 3 saturated carbocycles. The molecule has 3 aliphatic carbocycles. The number of carbonyl (C=O) groups is 6. The highest BCUT2D eigenvalue weighted by molar-refractivity contribution is 6.21. The van der Waals surface area contributed by atoms with Crippen LogP contribution in [0.4, 0.5) is 0 Å². The van der Waals surface area contributed by atoms with Crippen LogP contribution in [0.5, 0.6) is 57.5 Å². The maximum Gasteiger partial charge on any atom is 0.402 e. The highest BCUT2D eigenvalue weighted by Crippen LogP contribution is 2.59. The van der Waals surface area contributed by atoms with Crippen molar-refractivity contribution in [3.8, 4) is 80.1 Å². The van der Waals surface area contributed by atoms with Gasteiger partial charge in [0.15, 0.2) is 51.7 Å². The van der Waals surface area contributed by atoms with Crippen LogP contribution in [0.15, 0.2) is 75.6 Å². The summed E-state index contributed by atoms with van der Waals surface area (Å²) in [5.41, 5.74) is -15.1. The maximum absolute atomic E-state index is 14.6. The molecule has 410 valence electrons. The number of aromatic hydroxyl groups is 8. The summed E-state index contributed by atoms with van der Waals surface area (Å²) in [5.74, 6) is -28.4. The number of rotatable bonds is 8. The van der Waals surface area contributed by atoms with Crippen molar-refractivity contribution < 1.29 is 138 Å². The fourth-order valence-electron chi connectivity index (χ4n) is 11.0. The summed E-state index contributed by atoms with van der Waals surface area (Å²) < 4.78 is 36.2. The number of ketones is 6. The lowest BCUT2D eigenvalue weighted by molar-refractivity contribution is -0.363. The molecule has 12 atom stereocenters. The van der Waals surface area contributed by atoms with E-state index in [9.17, 15) is 110 Å². The van der Waals surface area contributed by atoms with Gasteiger partial charge in [0, 0.05) is 30.3 Å². The number of fused-ring (bicyclic) bond motifs is 7. The highest BCUT2D eigenvalue weighted by Gasteiger charge is 2.86. The van der Waals surface area contributed by atoms with Gasteiger partial charge in [-0.15, -0.1) is 0 Å². The largest absolute Gasteiger partial charge is 0.507 e. The molecule has 11 rings (SSSR count). The first-order valence-corrected chi connectivity index (χ1v) is 23.3. The first-order valence-electron chi connectivity index (χ1n) is 23.3. The molecule has 4 heterocycles. The molecule has 16 N–H and O–H groups in total. The second-order valence-corrected chi connectivity index (χ2v) is 19.5. The van der Waals surface area contributed by atoms with Crippen LogP contribution in [0.1, 0.15) is 30.9 Å². The van der Waals surface area contributed by atoms with E-state index in [1.807, 2.05) is 0 Å². The van der Waals surface area contributed by atoms with Gasteiger partial charge in [0.05, 0.1) is 48.1 Å². The van der Waals surface area contributed by atoms with Crippen molar-refractivity contribution in [1.82, 2.24) is 0 Å². The zero-order valence-corrected chi connectivity index (χ0v) is 39.6. The topological polar surface area (TPSA) is 486 Å². The van der Waals surface area contributed by atoms with E-state index < -0.39 is 216 Å². The quantitative estimate of drug-likeness (QED) is 0.0477. The van der Waals surface area contributed by atoms with Crippen molar-refractivity contribution >= 4 is 56.6 Å². The summed E-state index contributed by atoms with van der Waals surface area (Å²) in [6, 6.07) is 9.33. The Hall–Kier alpha value is -8.68. The van der Waals surface area contributed by atoms with Gasteiger partial charge in [-0.05, 0) is 24.3 Å². The van der Waals surface area contributed by atoms with Crippen LogP contribution >= 0.6 is 0 Å². The summed E-state index contributed by atoms with van der Waals surface area (Å²) >= 11 is 0. The average molecular weight is 1100 g/mol. The van der Waals surface area contributed by atoms with Crippen LogP contribution in [0.3, 0.4) is 0 Å². The summed E-state index contributed by atoms with van der Waals surface area (Å²) in [5, 5.41) is 181. The van der Waals surface area contributed by atoms with E-state index in [2.05, 4.69) is 0 Å². The molecule has 2 bridgehead atoms. The Morgan fingerprint density at radius 3 is 1.73 bits per heavy atom. The second kappa shape index (κ2) is 17.2. The summed E-state index contributed by atoms with van der Waals surface area (Å²) in [6.07, 6.45) is -24.5. The SMILES string of the molecule is O=C1CC(=O)[C@]2(O)[C@H](O)[C@H](OC3(Oc4c(-c5ccc(O)c(O)c5)[o+]c5cc(O)cc(O)c5c4C(O)[C@H]4OC5(Oc6cc7c(O)cc(O)cc7[o+]c6-c6ccc(O)c(O)c6)C(=O)CC(=O)[C@@]5(O)[C@@H](O)[C@@H]4O)C(=O)CC(=O)[C@]32O)C1O. The van der Waals surface area contributed by atoms with E-state index in [0.717, 1.165) is 54.6 Å². The van der Waals surface area contributed by atoms with Crippen LogP contribution in [0.2, 0.25) is 0 Å². The lowest BCUT2D eigenvalue weighted by Crippen LogP contribution is -2.84.